The van der Waals surface area contributed by atoms with E-state index in [0.29, 0.717) is 11.5 Å². The highest BCUT2D eigenvalue weighted by atomic mass is 16.5. The Balaban J connectivity index is 1.97. The first-order valence-electron chi connectivity index (χ1n) is 8.20. The monoisotopic (exact) mass is 316 g/mol. The Morgan fingerprint density at radius 3 is 3.04 bits per heavy atom. The third kappa shape index (κ3) is 3.32. The number of anilines is 1. The highest BCUT2D eigenvalue weighted by Gasteiger charge is 2.25. The van der Waals surface area contributed by atoms with Crippen molar-refractivity contribution in [3.8, 4) is 0 Å². The average molecular weight is 316 g/mol. The van der Waals surface area contributed by atoms with Crippen molar-refractivity contribution in [1.29, 1.82) is 0 Å². The van der Waals surface area contributed by atoms with Crippen LogP contribution in [0.4, 0.5) is 5.69 Å². The molecule has 0 radical (unpaired) electrons. The van der Waals surface area contributed by atoms with Crippen LogP contribution >= 0.6 is 0 Å². The van der Waals surface area contributed by atoms with Crippen LogP contribution in [0.25, 0.3) is 11.0 Å². The van der Waals surface area contributed by atoms with E-state index in [-0.39, 0.29) is 18.1 Å². The lowest BCUT2D eigenvalue weighted by Gasteiger charge is -2.31. The fourth-order valence-corrected chi connectivity index (χ4v) is 2.96. The van der Waals surface area contributed by atoms with Crippen LogP contribution in [0.3, 0.4) is 0 Å². The predicted octanol–water partition coefficient (Wildman–Crippen LogP) is 2.54. The zero-order valence-electron chi connectivity index (χ0n) is 13.8. The second-order valence-corrected chi connectivity index (χ2v) is 6.46. The molecule has 6 heteroatoms. The molecule has 2 aromatic heterocycles. The summed E-state index contributed by atoms with van der Waals surface area (Å²) in [5.41, 5.74) is 2.07. The molecule has 1 fully saturated rings. The maximum absolute atomic E-state index is 12.4. The number of nitrogens with one attached hydrogen (secondary N) is 3. The molecule has 2 aromatic rings. The van der Waals surface area contributed by atoms with E-state index in [4.69, 9.17) is 4.74 Å². The van der Waals surface area contributed by atoms with Gasteiger partial charge in [-0.1, -0.05) is 6.92 Å². The highest BCUT2D eigenvalue weighted by molar-refractivity contribution is 6.04. The molecular weight excluding hydrogens is 292 g/mol. The molecule has 1 saturated heterocycles. The van der Waals surface area contributed by atoms with E-state index in [9.17, 15) is 4.79 Å². The minimum Gasteiger partial charge on any atom is -0.459 e. The molecule has 0 unspecified atom stereocenters. The molecule has 3 heterocycles. The van der Waals surface area contributed by atoms with Crippen molar-refractivity contribution in [3.63, 3.8) is 0 Å². The molecule has 2 atom stereocenters. The normalized spacial score (nSPS) is 21.6. The molecule has 0 amide bonds. The molecule has 0 saturated carbocycles. The van der Waals surface area contributed by atoms with E-state index in [1.54, 1.807) is 6.20 Å². The van der Waals surface area contributed by atoms with Gasteiger partial charge in [-0.2, -0.15) is 0 Å². The van der Waals surface area contributed by atoms with Crippen molar-refractivity contribution in [2.75, 3.05) is 18.4 Å². The van der Waals surface area contributed by atoms with Crippen molar-refractivity contribution in [2.24, 2.45) is 5.92 Å². The SMILES string of the molecule is CC(C)OC(=O)c1cnc2[nH]ccc2c1N[C@H]1CNCC[C@H]1C. The van der Waals surface area contributed by atoms with Crippen LogP contribution < -0.4 is 10.6 Å². The van der Waals surface area contributed by atoms with Gasteiger partial charge in [-0.3, -0.25) is 0 Å². The van der Waals surface area contributed by atoms with Gasteiger partial charge in [-0.25, -0.2) is 9.78 Å². The smallest absolute Gasteiger partial charge is 0.342 e. The molecule has 0 aromatic carbocycles. The third-order valence-electron chi connectivity index (χ3n) is 4.31. The minimum absolute atomic E-state index is 0.160. The number of nitrogens with zero attached hydrogens (tertiary/aromatic N) is 1. The van der Waals surface area contributed by atoms with Gasteiger partial charge < -0.3 is 20.4 Å². The number of hydrogen-bond donors (Lipinski definition) is 3. The Morgan fingerprint density at radius 2 is 2.30 bits per heavy atom. The molecule has 0 spiro atoms. The van der Waals surface area contributed by atoms with Crippen LogP contribution in [-0.2, 0) is 4.74 Å². The van der Waals surface area contributed by atoms with E-state index in [1.807, 2.05) is 26.1 Å². The van der Waals surface area contributed by atoms with Crippen molar-refractivity contribution in [1.82, 2.24) is 15.3 Å². The number of fused-ring (bicyclic) bond motifs is 1. The zero-order chi connectivity index (χ0) is 16.4. The first-order valence-corrected chi connectivity index (χ1v) is 8.20. The lowest BCUT2D eigenvalue weighted by molar-refractivity contribution is 0.0378. The highest BCUT2D eigenvalue weighted by Crippen LogP contribution is 2.29. The lowest BCUT2D eigenvalue weighted by atomic mass is 9.94. The van der Waals surface area contributed by atoms with Gasteiger partial charge in [0, 0.05) is 30.4 Å². The summed E-state index contributed by atoms with van der Waals surface area (Å²) >= 11 is 0. The van der Waals surface area contributed by atoms with E-state index in [0.717, 1.165) is 36.2 Å². The number of carbonyl (C=O) groups excluding carboxylic acids is 1. The van der Waals surface area contributed by atoms with Gasteiger partial charge in [0.1, 0.15) is 11.2 Å². The van der Waals surface area contributed by atoms with E-state index < -0.39 is 0 Å². The van der Waals surface area contributed by atoms with Gasteiger partial charge in [0.15, 0.2) is 0 Å². The number of piperidine rings is 1. The number of aromatic amines is 1. The minimum atomic E-state index is -0.338. The summed E-state index contributed by atoms with van der Waals surface area (Å²) in [6.07, 6.45) is 4.38. The Labute approximate surface area is 136 Å². The number of H-pyrrole nitrogens is 1. The number of pyridine rings is 1. The fourth-order valence-electron chi connectivity index (χ4n) is 2.96. The largest absolute Gasteiger partial charge is 0.459 e. The molecule has 6 nitrogen and oxygen atoms in total. The van der Waals surface area contributed by atoms with Gasteiger partial charge in [0.05, 0.1) is 11.8 Å². The predicted molar refractivity (Wildman–Crippen MR) is 90.7 cm³/mol. The second kappa shape index (κ2) is 6.58. The quantitative estimate of drug-likeness (QED) is 0.756. The van der Waals surface area contributed by atoms with Gasteiger partial charge in [-0.05, 0) is 38.8 Å². The van der Waals surface area contributed by atoms with Crippen molar-refractivity contribution < 1.29 is 9.53 Å². The average Bonchev–Trinajstić information content (AvgIpc) is 2.97. The fraction of sp³-hybridized carbons (Fsp3) is 0.529. The summed E-state index contributed by atoms with van der Waals surface area (Å²) in [6.45, 7) is 7.85. The number of ether oxygens (including phenoxy) is 1. The maximum atomic E-state index is 12.4. The van der Waals surface area contributed by atoms with Gasteiger partial charge in [0.25, 0.3) is 0 Å². The Hall–Kier alpha value is -2.08. The summed E-state index contributed by atoms with van der Waals surface area (Å²) in [7, 11) is 0. The van der Waals surface area contributed by atoms with Crippen LogP contribution in [0.2, 0.25) is 0 Å². The Kier molecular flexibility index (Phi) is 4.52. The summed E-state index contributed by atoms with van der Waals surface area (Å²) in [5, 5.41) is 7.88. The summed E-state index contributed by atoms with van der Waals surface area (Å²) < 4.78 is 5.37. The van der Waals surface area contributed by atoms with Gasteiger partial charge in [0.2, 0.25) is 0 Å². The van der Waals surface area contributed by atoms with E-state index >= 15 is 0 Å². The Bertz CT molecular complexity index is 695. The van der Waals surface area contributed by atoms with Crippen LogP contribution in [0.15, 0.2) is 18.5 Å². The summed E-state index contributed by atoms with van der Waals surface area (Å²) in [6, 6.07) is 2.22. The summed E-state index contributed by atoms with van der Waals surface area (Å²) in [5.74, 6) is 0.196. The molecule has 23 heavy (non-hydrogen) atoms. The number of aromatic nitrogens is 2. The first-order chi connectivity index (χ1) is 11.1. The standard InChI is InChI=1S/C17H24N4O2/c1-10(2)23-17(22)13-8-20-16-12(5-7-19-16)15(13)21-14-9-18-6-4-11(14)3/h5,7-8,10-11,14,18H,4,6,9H2,1-3H3,(H2,19,20,21)/t11-,14+/m1/s1. The molecule has 3 rings (SSSR count). The van der Waals surface area contributed by atoms with Crippen molar-refractivity contribution in [3.05, 3.63) is 24.0 Å². The summed E-state index contributed by atoms with van der Waals surface area (Å²) in [4.78, 5) is 19.9. The molecule has 1 aliphatic rings. The molecular formula is C17H24N4O2. The Morgan fingerprint density at radius 1 is 1.48 bits per heavy atom. The third-order valence-corrected chi connectivity index (χ3v) is 4.31. The maximum Gasteiger partial charge on any atom is 0.342 e. The number of hydrogen-bond acceptors (Lipinski definition) is 5. The van der Waals surface area contributed by atoms with Crippen LogP contribution in [0.5, 0.6) is 0 Å². The van der Waals surface area contributed by atoms with Crippen molar-refractivity contribution >= 4 is 22.7 Å². The number of rotatable bonds is 4. The van der Waals surface area contributed by atoms with E-state index in [1.165, 1.54) is 0 Å². The van der Waals surface area contributed by atoms with Gasteiger partial charge in [-0.15, -0.1) is 0 Å². The van der Waals surface area contributed by atoms with E-state index in [2.05, 4.69) is 27.5 Å². The molecule has 1 aliphatic heterocycles. The van der Waals surface area contributed by atoms with Crippen molar-refractivity contribution in [2.45, 2.75) is 39.3 Å². The first kappa shape index (κ1) is 15.8. The van der Waals surface area contributed by atoms with Crippen LogP contribution in [0, 0.1) is 5.92 Å². The van der Waals surface area contributed by atoms with Gasteiger partial charge >= 0.3 is 5.97 Å². The second-order valence-electron chi connectivity index (χ2n) is 6.46. The molecule has 0 aliphatic carbocycles. The lowest BCUT2D eigenvalue weighted by Crippen LogP contribution is -2.44. The zero-order valence-corrected chi connectivity index (χ0v) is 13.8. The molecule has 3 N–H and O–H groups in total. The van der Waals surface area contributed by atoms with Crippen LogP contribution in [0.1, 0.15) is 37.6 Å². The number of carbonyl (C=O) groups is 1. The molecule has 124 valence electrons. The molecule has 0 bridgehead atoms. The number of esters is 1. The van der Waals surface area contributed by atoms with Crippen LogP contribution in [-0.4, -0.2) is 41.2 Å². The topological polar surface area (TPSA) is 79.0 Å².